The van der Waals surface area contributed by atoms with E-state index in [1.807, 2.05) is 13.8 Å². The van der Waals surface area contributed by atoms with E-state index < -0.39 is 114 Å². The average molecular weight is 588 g/mol. The second-order valence-corrected chi connectivity index (χ2v) is 12.7. The molecule has 0 aromatic rings. The zero-order valence-corrected chi connectivity index (χ0v) is 26.2. The largest absolute Gasteiger partial charge is 0.374 e. The monoisotopic (exact) mass is 590 g/mol. The van der Waals surface area contributed by atoms with Crippen LogP contribution in [0.5, 0.6) is 0 Å². The van der Waals surface area contributed by atoms with E-state index >= 15 is 0 Å². The lowest BCUT2D eigenvalue weighted by Crippen LogP contribution is -2.56. The Hall–Kier alpha value is 0.499. The SMILES string of the molecule is [B]CC1O[C@H](O[C@@H]2C([B])[C@H]([B])C(C[B])O[C@@H]2OCC2OC(C)[C@H]([B])C([B])[C@@H]2[B])[C@H](O[C@H]2OC(CC)[C@@H]([B])C([B])[C@H]2[B])C([B])[C@@H]1[B]. The number of rotatable bonds is 10. The molecule has 0 spiro atoms. The molecular formula is C26H34B12O7. The van der Waals surface area contributed by atoms with Gasteiger partial charge in [-0.2, -0.15) is 0 Å². The smallest absolute Gasteiger partial charge is 0.184 e. The van der Waals surface area contributed by atoms with E-state index in [1.54, 1.807) is 0 Å². The van der Waals surface area contributed by atoms with Crippen LogP contribution in [0, 0.1) is 0 Å². The van der Waals surface area contributed by atoms with E-state index in [9.17, 15) is 0 Å². The first-order chi connectivity index (χ1) is 21.2. The van der Waals surface area contributed by atoms with Gasteiger partial charge < -0.3 is 33.2 Å². The maximum absolute atomic E-state index is 6.63. The van der Waals surface area contributed by atoms with Gasteiger partial charge in [0.05, 0.1) is 113 Å². The van der Waals surface area contributed by atoms with Crippen molar-refractivity contribution in [1.29, 1.82) is 0 Å². The van der Waals surface area contributed by atoms with Crippen LogP contribution in [0.1, 0.15) is 20.3 Å². The number of ether oxygens (including phenoxy) is 7. The van der Waals surface area contributed by atoms with E-state index in [4.69, 9.17) is 127 Å². The number of hydrogen-bond donors (Lipinski definition) is 0. The summed E-state index contributed by atoms with van der Waals surface area (Å²) in [6.45, 7) is 3.72. The van der Waals surface area contributed by atoms with Gasteiger partial charge in [-0.05, 0) is 30.8 Å². The predicted octanol–water partition coefficient (Wildman–Crippen LogP) is -0.111. The molecule has 19 heteroatoms. The molecule has 4 rings (SSSR count). The molecule has 45 heavy (non-hydrogen) atoms. The maximum atomic E-state index is 6.63. The Morgan fingerprint density at radius 1 is 0.467 bits per heavy atom. The summed E-state index contributed by atoms with van der Waals surface area (Å²) in [6, 6.07) is 0. The second-order valence-electron chi connectivity index (χ2n) is 12.7. The fraction of sp³-hybridized carbons (Fsp3) is 1.00. The molecular weight excluding hydrogens is 554 g/mol. The van der Waals surface area contributed by atoms with Gasteiger partial charge in [0.1, 0.15) is 12.2 Å². The van der Waals surface area contributed by atoms with Gasteiger partial charge >= 0.3 is 0 Å². The van der Waals surface area contributed by atoms with Crippen molar-refractivity contribution in [3.63, 3.8) is 0 Å². The van der Waals surface area contributed by atoms with Crippen molar-refractivity contribution in [3.05, 3.63) is 0 Å². The lowest BCUT2D eigenvalue weighted by atomic mass is 9.52. The van der Waals surface area contributed by atoms with Crippen LogP contribution in [0.4, 0.5) is 0 Å². The molecule has 0 aromatic heterocycles. The predicted molar refractivity (Wildman–Crippen MR) is 182 cm³/mol. The van der Waals surface area contributed by atoms with Gasteiger partial charge in [-0.15, -0.1) is 0 Å². The summed E-state index contributed by atoms with van der Waals surface area (Å²) in [5.41, 5.74) is 0. The summed E-state index contributed by atoms with van der Waals surface area (Å²) in [5, 5.41) is 0. The van der Waals surface area contributed by atoms with Crippen LogP contribution in [-0.2, 0) is 33.2 Å². The summed E-state index contributed by atoms with van der Waals surface area (Å²) in [6.07, 6.45) is -7.23. The highest BCUT2D eigenvalue weighted by atomic mass is 16.8. The highest BCUT2D eigenvalue weighted by Crippen LogP contribution is 2.48. The first-order valence-electron chi connectivity index (χ1n) is 15.8. The minimum absolute atomic E-state index is 0.0156. The Morgan fingerprint density at radius 3 is 1.47 bits per heavy atom. The van der Waals surface area contributed by atoms with Gasteiger partial charge in [-0.3, -0.25) is 0 Å². The summed E-state index contributed by atoms with van der Waals surface area (Å²) >= 11 is 0. The van der Waals surface area contributed by atoms with Crippen LogP contribution in [0.15, 0.2) is 0 Å². The summed E-state index contributed by atoms with van der Waals surface area (Å²) in [4.78, 5) is 0. The van der Waals surface area contributed by atoms with Crippen molar-refractivity contribution >= 4 is 94.2 Å². The topological polar surface area (TPSA) is 64.6 Å². The molecule has 0 aliphatic carbocycles. The zero-order chi connectivity index (χ0) is 33.3. The molecule has 0 aromatic carbocycles. The second kappa shape index (κ2) is 16.5. The third-order valence-electron chi connectivity index (χ3n) is 9.73. The first kappa shape index (κ1) is 38.3. The summed E-state index contributed by atoms with van der Waals surface area (Å²) in [5.74, 6) is -6.51. The fourth-order valence-electron chi connectivity index (χ4n) is 6.41. The Morgan fingerprint density at radius 2 is 0.911 bits per heavy atom. The van der Waals surface area contributed by atoms with Crippen LogP contribution < -0.4 is 0 Å². The highest BCUT2D eigenvalue weighted by molar-refractivity contribution is 6.28. The third kappa shape index (κ3) is 8.12. The lowest BCUT2D eigenvalue weighted by molar-refractivity contribution is -0.335. The zero-order valence-electron chi connectivity index (χ0n) is 26.2. The van der Waals surface area contributed by atoms with Gasteiger partial charge in [-0.25, -0.2) is 0 Å². The molecule has 4 fully saturated rings. The van der Waals surface area contributed by atoms with E-state index in [1.165, 1.54) is 0 Å². The quantitative estimate of drug-likeness (QED) is 0.331. The molecule has 0 bridgehead atoms. The molecule has 4 aliphatic rings. The van der Waals surface area contributed by atoms with Crippen molar-refractivity contribution in [2.75, 3.05) is 6.61 Å². The molecule has 0 saturated carbocycles. The van der Waals surface area contributed by atoms with E-state index in [-0.39, 0.29) is 25.4 Å². The Labute approximate surface area is 285 Å². The summed E-state index contributed by atoms with van der Waals surface area (Å²) < 4.78 is 43.5. The van der Waals surface area contributed by atoms with Gasteiger partial charge in [0, 0.05) is 18.3 Å². The van der Waals surface area contributed by atoms with Gasteiger partial charge in [-0.1, -0.05) is 60.3 Å². The molecule has 0 N–H and O–H groups in total. The molecule has 9 unspecified atom stereocenters. The third-order valence-corrected chi connectivity index (χ3v) is 9.73. The van der Waals surface area contributed by atoms with Crippen molar-refractivity contribution in [1.82, 2.24) is 0 Å². The minimum Gasteiger partial charge on any atom is -0.374 e. The highest BCUT2D eigenvalue weighted by Gasteiger charge is 2.50. The number of hydrogen-bond acceptors (Lipinski definition) is 7. The van der Waals surface area contributed by atoms with Crippen LogP contribution in [0.25, 0.3) is 0 Å². The molecule has 4 aliphatic heterocycles. The van der Waals surface area contributed by atoms with Crippen molar-refractivity contribution < 1.29 is 33.2 Å². The van der Waals surface area contributed by atoms with Crippen LogP contribution in [0.2, 0.25) is 70.8 Å². The molecule has 4 saturated heterocycles. The molecule has 20 atom stereocenters. The van der Waals surface area contributed by atoms with E-state index in [0.717, 1.165) is 0 Å². The van der Waals surface area contributed by atoms with Gasteiger partial charge in [0.15, 0.2) is 18.9 Å². The van der Waals surface area contributed by atoms with Crippen molar-refractivity contribution in [2.45, 2.75) is 153 Å². The van der Waals surface area contributed by atoms with Crippen LogP contribution >= 0.6 is 0 Å². The molecule has 24 radical (unpaired) electrons. The first-order valence-corrected chi connectivity index (χ1v) is 15.8. The van der Waals surface area contributed by atoms with E-state index in [2.05, 4.69) is 0 Å². The van der Waals surface area contributed by atoms with Crippen LogP contribution in [-0.4, -0.2) is 162 Å². The van der Waals surface area contributed by atoms with Crippen LogP contribution in [0.3, 0.4) is 0 Å². The average Bonchev–Trinajstić information content (AvgIpc) is 3.03. The summed E-state index contributed by atoms with van der Waals surface area (Å²) in [7, 11) is 75.7. The molecule has 216 valence electrons. The van der Waals surface area contributed by atoms with Gasteiger partial charge in [0.25, 0.3) is 0 Å². The minimum atomic E-state index is -1.18. The van der Waals surface area contributed by atoms with Crippen molar-refractivity contribution in [3.8, 4) is 0 Å². The van der Waals surface area contributed by atoms with Crippen molar-refractivity contribution in [2.24, 2.45) is 0 Å². The Kier molecular flexibility index (Phi) is 14.0. The lowest BCUT2D eigenvalue weighted by Gasteiger charge is -2.52. The molecule has 0 amide bonds. The van der Waals surface area contributed by atoms with E-state index in [0.29, 0.717) is 6.42 Å². The maximum Gasteiger partial charge on any atom is 0.184 e. The normalized spacial score (nSPS) is 52.7. The Balaban J connectivity index is 1.56. The Bertz CT molecular complexity index is 934. The standard InChI is InChI=1S/C26H34B12O7/c1-3-8-13(30)18(35)21(38)24(41-8)44-23-20(37)15(32)10(5-28)43-26(23)45-22-19(36)14(31)9(4-27)42-25(22)39-6-11-16(33)17(34)12(29)7(2)40-11/h7-26H,3-6H2,1-2H3/t7?,8?,9?,10?,11?,12-,13+,14+,15+,16+,17?,18?,19?,20?,21+,22+,23+,24+,25-,26+/m0/s1. The fourth-order valence-corrected chi connectivity index (χ4v) is 6.41. The molecule has 4 heterocycles. The van der Waals surface area contributed by atoms with Gasteiger partial charge in [0.2, 0.25) is 0 Å². The molecule has 7 nitrogen and oxygen atoms in total.